The topological polar surface area (TPSA) is 72.9 Å². The van der Waals surface area contributed by atoms with Crippen molar-refractivity contribution in [3.8, 4) is 0 Å². The van der Waals surface area contributed by atoms with Crippen LogP contribution in [0.1, 0.15) is 40.0 Å². The third-order valence-electron chi connectivity index (χ3n) is 6.74. The number of sulfonamides is 1. The lowest BCUT2D eigenvalue weighted by Crippen LogP contribution is -2.48. The van der Waals surface area contributed by atoms with Crippen molar-refractivity contribution in [2.75, 3.05) is 5.75 Å². The molecule has 0 N–H and O–H groups in total. The minimum absolute atomic E-state index is 0.0476. The number of carbonyl (C=O) groups excluding carboxylic acids is 1. The molecule has 1 spiro atoms. The molecule has 2 aliphatic carbocycles. The summed E-state index contributed by atoms with van der Waals surface area (Å²) in [6.45, 7) is 6.11. The van der Waals surface area contributed by atoms with Crippen molar-refractivity contribution < 1.29 is 23.0 Å². The molecule has 4 aliphatic rings. The molecule has 128 valence electrons. The minimum Gasteiger partial charge on any atom is -0.270 e. The van der Waals surface area contributed by atoms with Gasteiger partial charge in [-0.15, -0.1) is 0 Å². The molecule has 23 heavy (non-hydrogen) atoms. The summed E-state index contributed by atoms with van der Waals surface area (Å²) in [5.41, 5.74) is -0.354. The number of nitrogens with zero attached hydrogens (tertiary/aromatic N) is 1. The maximum absolute atomic E-state index is 12.8. The Morgan fingerprint density at radius 3 is 2.61 bits per heavy atom. The highest BCUT2D eigenvalue weighted by atomic mass is 32.2. The minimum atomic E-state index is -3.61. The largest absolute Gasteiger partial charge is 0.272 e. The standard InChI is InChI=1S/C16H23NO5S/c1-10-4-5-12(22-21-10)14(18)17-13-8-11-6-7-16(13,15(11,2)3)9-23(17,19)20/h4-5,10-13H,6-9H2,1-3H3/t10-,11+,12-,13+,16+/m0/s1. The first kappa shape index (κ1) is 15.6. The number of hydrogen-bond acceptors (Lipinski definition) is 5. The van der Waals surface area contributed by atoms with E-state index < -0.39 is 22.0 Å². The predicted octanol–water partition coefficient (Wildman–Crippen LogP) is 1.63. The molecule has 0 radical (unpaired) electrons. The van der Waals surface area contributed by atoms with Crippen molar-refractivity contribution >= 4 is 15.9 Å². The Morgan fingerprint density at radius 2 is 2.00 bits per heavy atom. The first-order valence-electron chi connectivity index (χ1n) is 8.25. The molecule has 2 aliphatic heterocycles. The van der Waals surface area contributed by atoms with E-state index in [1.54, 1.807) is 19.1 Å². The van der Waals surface area contributed by atoms with Crippen LogP contribution in [0, 0.1) is 16.7 Å². The number of carbonyl (C=O) groups is 1. The van der Waals surface area contributed by atoms with E-state index in [1.807, 2.05) is 0 Å². The molecule has 7 heteroatoms. The molecule has 6 nitrogen and oxygen atoms in total. The lowest BCUT2D eigenvalue weighted by molar-refractivity contribution is -0.329. The number of amides is 1. The van der Waals surface area contributed by atoms with Gasteiger partial charge in [0.15, 0.2) is 6.10 Å². The molecule has 0 aromatic heterocycles. The lowest BCUT2D eigenvalue weighted by atomic mass is 9.69. The van der Waals surface area contributed by atoms with Crippen LogP contribution in [0.2, 0.25) is 0 Å². The zero-order chi connectivity index (χ0) is 16.6. The molecule has 2 saturated carbocycles. The molecular weight excluding hydrogens is 318 g/mol. The maximum Gasteiger partial charge on any atom is 0.272 e. The SMILES string of the molecule is C[C@H]1C=C[C@@H](C(=O)N2[C@@H]3C[C@H]4CC[C@]3(CS2(=O)=O)C4(C)C)OO1. The van der Waals surface area contributed by atoms with Gasteiger partial charge in [-0.2, -0.15) is 0 Å². The third kappa shape index (κ3) is 1.87. The highest BCUT2D eigenvalue weighted by Crippen LogP contribution is 2.70. The highest BCUT2D eigenvalue weighted by Gasteiger charge is 2.72. The van der Waals surface area contributed by atoms with E-state index in [-0.39, 0.29) is 28.7 Å². The van der Waals surface area contributed by atoms with E-state index in [0.29, 0.717) is 5.92 Å². The fourth-order valence-corrected chi connectivity index (χ4v) is 7.85. The summed E-state index contributed by atoms with van der Waals surface area (Å²) in [6, 6.07) is -0.231. The summed E-state index contributed by atoms with van der Waals surface area (Å²) < 4.78 is 26.7. The Hall–Kier alpha value is -0.920. The molecular formula is C16H23NO5S. The Balaban J connectivity index is 1.70. The lowest BCUT2D eigenvalue weighted by Gasteiger charge is -2.37. The van der Waals surface area contributed by atoms with E-state index in [0.717, 1.165) is 23.6 Å². The quantitative estimate of drug-likeness (QED) is 0.535. The van der Waals surface area contributed by atoms with Gasteiger partial charge in [0.05, 0.1) is 11.8 Å². The Morgan fingerprint density at radius 1 is 1.26 bits per heavy atom. The third-order valence-corrected chi connectivity index (χ3v) is 8.65. The average molecular weight is 341 g/mol. The van der Waals surface area contributed by atoms with Gasteiger partial charge in [0.1, 0.15) is 6.10 Å². The molecule has 3 fully saturated rings. The smallest absolute Gasteiger partial charge is 0.270 e. The normalized spacial score (nSPS) is 46.1. The summed E-state index contributed by atoms with van der Waals surface area (Å²) >= 11 is 0. The van der Waals surface area contributed by atoms with Crippen LogP contribution in [0.15, 0.2) is 12.2 Å². The molecule has 0 aromatic rings. The van der Waals surface area contributed by atoms with Gasteiger partial charge in [-0.1, -0.05) is 19.9 Å². The number of fused-ring (bicyclic) bond motifs is 1. The number of rotatable bonds is 1. The van der Waals surface area contributed by atoms with Crippen LogP contribution >= 0.6 is 0 Å². The van der Waals surface area contributed by atoms with Crippen LogP contribution in [-0.2, 0) is 24.6 Å². The fourth-order valence-electron chi connectivity index (χ4n) is 5.30. The molecule has 1 saturated heterocycles. The zero-order valence-corrected chi connectivity index (χ0v) is 14.5. The zero-order valence-electron chi connectivity index (χ0n) is 13.7. The highest BCUT2D eigenvalue weighted by molar-refractivity contribution is 7.90. The number of hydrogen-bond donors (Lipinski definition) is 0. The van der Waals surface area contributed by atoms with Gasteiger partial charge in [-0.05, 0) is 43.6 Å². The predicted molar refractivity (Wildman–Crippen MR) is 82.5 cm³/mol. The fraction of sp³-hybridized carbons (Fsp3) is 0.812. The van der Waals surface area contributed by atoms with Crippen LogP contribution in [0.5, 0.6) is 0 Å². The van der Waals surface area contributed by atoms with Crippen LogP contribution in [0.3, 0.4) is 0 Å². The van der Waals surface area contributed by atoms with Crippen LogP contribution in [0.4, 0.5) is 0 Å². The average Bonchev–Trinajstić information content (AvgIpc) is 2.94. The van der Waals surface area contributed by atoms with Gasteiger partial charge in [-0.3, -0.25) is 4.79 Å². The van der Waals surface area contributed by atoms with Crippen molar-refractivity contribution in [2.24, 2.45) is 16.7 Å². The second-order valence-corrected chi connectivity index (χ2v) is 9.80. The summed E-state index contributed by atoms with van der Waals surface area (Å²) in [4.78, 5) is 23.0. The molecule has 2 bridgehead atoms. The first-order valence-corrected chi connectivity index (χ1v) is 9.86. The van der Waals surface area contributed by atoms with E-state index in [4.69, 9.17) is 9.78 Å². The van der Waals surface area contributed by atoms with Gasteiger partial charge in [0.2, 0.25) is 10.0 Å². The van der Waals surface area contributed by atoms with Crippen molar-refractivity contribution in [2.45, 2.75) is 58.3 Å². The van der Waals surface area contributed by atoms with Crippen molar-refractivity contribution in [1.82, 2.24) is 4.31 Å². The summed E-state index contributed by atoms with van der Waals surface area (Å²) in [5, 5.41) is 0. The second kappa shape index (κ2) is 4.58. The van der Waals surface area contributed by atoms with E-state index in [2.05, 4.69) is 13.8 Å². The van der Waals surface area contributed by atoms with Crippen LogP contribution in [0.25, 0.3) is 0 Å². The molecule has 0 aromatic carbocycles. The molecule has 0 unspecified atom stereocenters. The van der Waals surface area contributed by atoms with Crippen molar-refractivity contribution in [1.29, 1.82) is 0 Å². The van der Waals surface area contributed by atoms with Crippen LogP contribution in [-0.4, -0.2) is 42.6 Å². The van der Waals surface area contributed by atoms with E-state index in [9.17, 15) is 13.2 Å². The monoisotopic (exact) mass is 341 g/mol. The van der Waals surface area contributed by atoms with Crippen molar-refractivity contribution in [3.05, 3.63) is 12.2 Å². The summed E-state index contributed by atoms with van der Waals surface area (Å²) in [5.74, 6) is 0.0453. The van der Waals surface area contributed by atoms with E-state index >= 15 is 0 Å². The molecule has 2 heterocycles. The Labute approximate surface area is 136 Å². The second-order valence-electron chi connectivity index (χ2n) is 7.96. The maximum atomic E-state index is 12.8. The first-order chi connectivity index (χ1) is 10.7. The van der Waals surface area contributed by atoms with Gasteiger partial charge < -0.3 is 0 Å². The Bertz CT molecular complexity index is 685. The van der Waals surface area contributed by atoms with Gasteiger partial charge in [-0.25, -0.2) is 22.5 Å². The van der Waals surface area contributed by atoms with E-state index in [1.165, 1.54) is 0 Å². The van der Waals surface area contributed by atoms with Gasteiger partial charge >= 0.3 is 0 Å². The van der Waals surface area contributed by atoms with Gasteiger partial charge in [0, 0.05) is 5.41 Å². The summed E-state index contributed by atoms with van der Waals surface area (Å²) in [6.07, 6.45) is 4.81. The van der Waals surface area contributed by atoms with Gasteiger partial charge in [0.25, 0.3) is 5.91 Å². The summed E-state index contributed by atoms with van der Waals surface area (Å²) in [7, 11) is -3.61. The molecule has 4 rings (SSSR count). The van der Waals surface area contributed by atoms with Crippen LogP contribution < -0.4 is 0 Å². The van der Waals surface area contributed by atoms with Crippen molar-refractivity contribution in [3.63, 3.8) is 0 Å². The molecule has 5 atom stereocenters. The Kier molecular flexibility index (Phi) is 3.11. The molecule has 1 amide bonds.